The Morgan fingerprint density at radius 3 is 2.79 bits per heavy atom. The third-order valence-electron chi connectivity index (χ3n) is 4.26. The number of amides is 1. The number of aromatic nitrogens is 1. The van der Waals surface area contributed by atoms with E-state index in [4.69, 9.17) is 10.1 Å². The summed E-state index contributed by atoms with van der Waals surface area (Å²) in [5.74, 6) is -0.846. The van der Waals surface area contributed by atoms with E-state index in [1.165, 1.54) is 4.90 Å². The number of nitrogens with zero attached hydrogens (tertiary/aromatic N) is 2. The topological polar surface area (TPSA) is 70.5 Å². The molecule has 1 aromatic carbocycles. The lowest BCUT2D eigenvalue weighted by Gasteiger charge is -2.27. The van der Waals surface area contributed by atoms with Crippen molar-refractivity contribution >= 4 is 11.9 Å². The monoisotopic (exact) mass is 324 g/mol. The van der Waals surface area contributed by atoms with Crippen LogP contribution >= 0.6 is 0 Å². The second-order valence-electron chi connectivity index (χ2n) is 6.34. The third-order valence-corrected chi connectivity index (χ3v) is 4.26. The van der Waals surface area contributed by atoms with Crippen LogP contribution < -0.4 is 0 Å². The molecule has 1 N–H and O–H groups in total. The van der Waals surface area contributed by atoms with Gasteiger partial charge in [-0.15, -0.1) is 0 Å². The molecular formula is C19H20N2O3. The quantitative estimate of drug-likeness (QED) is 0.938. The Morgan fingerprint density at radius 1 is 1.29 bits per heavy atom. The van der Waals surface area contributed by atoms with E-state index in [1.807, 2.05) is 30.3 Å². The van der Waals surface area contributed by atoms with Crippen LogP contribution in [0.25, 0.3) is 11.3 Å². The van der Waals surface area contributed by atoms with Crippen LogP contribution in [0.4, 0.5) is 0 Å². The molecule has 2 aromatic rings. The predicted molar refractivity (Wildman–Crippen MR) is 91.0 cm³/mol. The Bertz CT molecular complexity index is 799. The molecule has 2 heterocycles. The maximum absolute atomic E-state index is 12.4. The highest BCUT2D eigenvalue weighted by atomic mass is 16.4. The highest BCUT2D eigenvalue weighted by molar-refractivity contribution is 5.98. The average Bonchev–Trinajstić information content (AvgIpc) is 2.57. The molecule has 0 radical (unpaired) electrons. The largest absolute Gasteiger partial charge is 0.480 e. The van der Waals surface area contributed by atoms with Crippen molar-refractivity contribution in [2.75, 3.05) is 13.1 Å². The molecule has 24 heavy (non-hydrogen) atoms. The van der Waals surface area contributed by atoms with Gasteiger partial charge in [-0.2, -0.15) is 0 Å². The maximum Gasteiger partial charge on any atom is 0.323 e. The fourth-order valence-corrected chi connectivity index (χ4v) is 2.94. The lowest BCUT2D eigenvalue weighted by molar-refractivity contribution is -0.137. The summed E-state index contributed by atoms with van der Waals surface area (Å²) < 4.78 is 0. The minimum Gasteiger partial charge on any atom is -0.480 e. The fourth-order valence-electron chi connectivity index (χ4n) is 2.94. The van der Waals surface area contributed by atoms with Gasteiger partial charge in [0.25, 0.3) is 5.91 Å². The summed E-state index contributed by atoms with van der Waals surface area (Å²) in [6.07, 6.45) is 0.659. The van der Waals surface area contributed by atoms with Gasteiger partial charge in [-0.25, -0.2) is 0 Å². The number of carboxylic acid groups (broad SMARTS) is 1. The lowest BCUT2D eigenvalue weighted by Crippen LogP contribution is -2.40. The molecule has 1 aromatic heterocycles. The molecule has 0 aliphatic carbocycles. The molecule has 0 unspecified atom stereocenters. The molecule has 1 amide bonds. The van der Waals surface area contributed by atoms with Gasteiger partial charge in [-0.1, -0.05) is 26.0 Å². The van der Waals surface area contributed by atoms with E-state index in [-0.39, 0.29) is 12.5 Å². The number of carboxylic acids is 1. The Kier molecular flexibility index (Phi) is 4.34. The van der Waals surface area contributed by atoms with Crippen LogP contribution in [-0.2, 0) is 11.2 Å². The molecule has 1 aliphatic rings. The summed E-state index contributed by atoms with van der Waals surface area (Å²) in [5, 5.41) is 8.89. The molecule has 0 saturated heterocycles. The molecule has 0 fully saturated rings. The highest BCUT2D eigenvalue weighted by Gasteiger charge is 2.26. The van der Waals surface area contributed by atoms with E-state index < -0.39 is 5.97 Å². The van der Waals surface area contributed by atoms with Gasteiger partial charge in [-0.3, -0.25) is 14.6 Å². The minimum atomic E-state index is -0.988. The first-order chi connectivity index (χ1) is 11.5. The Labute approximate surface area is 140 Å². The van der Waals surface area contributed by atoms with Crippen LogP contribution in [0.5, 0.6) is 0 Å². The summed E-state index contributed by atoms with van der Waals surface area (Å²) in [5.41, 5.74) is 4.45. The van der Waals surface area contributed by atoms with Crippen LogP contribution in [-0.4, -0.2) is 40.0 Å². The Balaban J connectivity index is 1.92. The number of pyridine rings is 1. The van der Waals surface area contributed by atoms with Crippen LogP contribution in [0.15, 0.2) is 36.4 Å². The number of rotatable bonds is 4. The minimum absolute atomic E-state index is 0.214. The number of benzene rings is 1. The second kappa shape index (κ2) is 6.43. The van der Waals surface area contributed by atoms with Gasteiger partial charge in [0.1, 0.15) is 6.54 Å². The number of fused-ring (bicyclic) bond motifs is 1. The molecule has 5 nitrogen and oxygen atoms in total. The summed E-state index contributed by atoms with van der Waals surface area (Å²) in [6.45, 7) is 4.39. The van der Waals surface area contributed by atoms with Crippen LogP contribution in [0.2, 0.25) is 0 Å². The molecule has 0 atom stereocenters. The van der Waals surface area contributed by atoms with Crippen LogP contribution in [0.1, 0.15) is 41.4 Å². The van der Waals surface area contributed by atoms with E-state index in [2.05, 4.69) is 13.8 Å². The summed E-state index contributed by atoms with van der Waals surface area (Å²) in [4.78, 5) is 29.3. The smallest absolute Gasteiger partial charge is 0.323 e. The lowest BCUT2D eigenvalue weighted by atomic mass is 9.95. The maximum atomic E-state index is 12.4. The van der Waals surface area contributed by atoms with Crippen molar-refractivity contribution < 1.29 is 14.7 Å². The number of hydrogen-bond acceptors (Lipinski definition) is 3. The molecule has 0 spiro atoms. The number of aliphatic carboxylic acids is 1. The second-order valence-corrected chi connectivity index (χ2v) is 6.34. The molecular weight excluding hydrogens is 304 g/mol. The van der Waals surface area contributed by atoms with Gasteiger partial charge in [-0.05, 0) is 42.2 Å². The molecule has 3 rings (SSSR count). The number of hydrogen-bond donors (Lipinski definition) is 1. The van der Waals surface area contributed by atoms with Gasteiger partial charge in [0.15, 0.2) is 0 Å². The molecule has 0 bridgehead atoms. The van der Waals surface area contributed by atoms with E-state index in [1.54, 1.807) is 6.07 Å². The zero-order valence-corrected chi connectivity index (χ0v) is 13.8. The summed E-state index contributed by atoms with van der Waals surface area (Å²) in [7, 11) is 0. The van der Waals surface area contributed by atoms with Gasteiger partial charge in [0.2, 0.25) is 0 Å². The Hall–Kier alpha value is -2.69. The standard InChI is InChI=1S/C19H20N2O3/c1-12(2)16-4-3-5-17(20-16)14-6-7-15-13(10-14)8-9-21(19(15)24)11-18(22)23/h3-7,10,12H,8-9,11H2,1-2H3,(H,22,23). The summed E-state index contributed by atoms with van der Waals surface area (Å²) in [6, 6.07) is 11.6. The number of carbonyl (C=O) groups excluding carboxylic acids is 1. The van der Waals surface area contributed by atoms with Crippen molar-refractivity contribution in [3.05, 3.63) is 53.2 Å². The van der Waals surface area contributed by atoms with Crippen molar-refractivity contribution in [1.29, 1.82) is 0 Å². The van der Waals surface area contributed by atoms with E-state index in [0.29, 0.717) is 24.4 Å². The van der Waals surface area contributed by atoms with Crippen molar-refractivity contribution in [3.8, 4) is 11.3 Å². The van der Waals surface area contributed by atoms with Crippen LogP contribution in [0.3, 0.4) is 0 Å². The first-order valence-corrected chi connectivity index (χ1v) is 8.07. The third kappa shape index (κ3) is 3.15. The molecule has 0 saturated carbocycles. The van der Waals surface area contributed by atoms with Crippen molar-refractivity contribution in [3.63, 3.8) is 0 Å². The molecule has 5 heteroatoms. The SMILES string of the molecule is CC(C)c1cccc(-c2ccc3c(c2)CCN(CC(=O)O)C3=O)n1. The van der Waals surface area contributed by atoms with E-state index in [0.717, 1.165) is 22.5 Å². The zero-order chi connectivity index (χ0) is 17.3. The number of carbonyl (C=O) groups is 2. The fraction of sp³-hybridized carbons (Fsp3) is 0.316. The average molecular weight is 324 g/mol. The highest BCUT2D eigenvalue weighted by Crippen LogP contribution is 2.26. The van der Waals surface area contributed by atoms with Gasteiger partial charge in [0, 0.05) is 23.4 Å². The van der Waals surface area contributed by atoms with Gasteiger partial charge < -0.3 is 10.0 Å². The van der Waals surface area contributed by atoms with E-state index in [9.17, 15) is 9.59 Å². The van der Waals surface area contributed by atoms with Crippen molar-refractivity contribution in [2.45, 2.75) is 26.2 Å². The molecule has 124 valence electrons. The first-order valence-electron chi connectivity index (χ1n) is 8.07. The summed E-state index contributed by atoms with van der Waals surface area (Å²) >= 11 is 0. The van der Waals surface area contributed by atoms with Crippen molar-refractivity contribution in [1.82, 2.24) is 9.88 Å². The first kappa shape index (κ1) is 16.2. The Morgan fingerprint density at radius 2 is 2.08 bits per heavy atom. The zero-order valence-electron chi connectivity index (χ0n) is 13.8. The normalized spacial score (nSPS) is 14.0. The van der Waals surface area contributed by atoms with E-state index >= 15 is 0 Å². The van der Waals surface area contributed by atoms with Crippen molar-refractivity contribution in [2.24, 2.45) is 0 Å². The predicted octanol–water partition coefficient (Wildman–Crippen LogP) is 2.95. The van der Waals surface area contributed by atoms with Gasteiger partial charge >= 0.3 is 5.97 Å². The molecule has 1 aliphatic heterocycles. The van der Waals surface area contributed by atoms with Crippen LogP contribution in [0, 0.1) is 0 Å². The van der Waals surface area contributed by atoms with Gasteiger partial charge in [0.05, 0.1) is 5.69 Å².